The molecular formula is C16H17ClN2O2. The average Bonchev–Trinajstić information content (AvgIpc) is 2.48. The van der Waals surface area contributed by atoms with E-state index in [0.29, 0.717) is 17.3 Å². The minimum Gasteiger partial charge on any atom is -0.483 e. The minimum absolute atomic E-state index is 0.0956. The van der Waals surface area contributed by atoms with Crippen LogP contribution < -0.4 is 15.8 Å². The fraction of sp³-hybridized carbons (Fsp3) is 0.188. The Bertz CT molecular complexity index is 644. The van der Waals surface area contributed by atoms with Crippen LogP contribution in [-0.4, -0.2) is 12.5 Å². The predicted octanol–water partition coefficient (Wildman–Crippen LogP) is 3.12. The first kappa shape index (κ1) is 15.4. The van der Waals surface area contributed by atoms with E-state index in [-0.39, 0.29) is 12.5 Å². The van der Waals surface area contributed by atoms with Gasteiger partial charge in [-0.15, -0.1) is 0 Å². The summed E-state index contributed by atoms with van der Waals surface area (Å²) in [4.78, 5) is 11.9. The smallest absolute Gasteiger partial charge is 0.262 e. The first-order valence-electron chi connectivity index (χ1n) is 6.57. The van der Waals surface area contributed by atoms with Crippen LogP contribution in [0.1, 0.15) is 11.1 Å². The van der Waals surface area contributed by atoms with Crippen molar-refractivity contribution in [3.63, 3.8) is 0 Å². The molecule has 0 aromatic heterocycles. The van der Waals surface area contributed by atoms with Gasteiger partial charge in [-0.3, -0.25) is 4.79 Å². The highest BCUT2D eigenvalue weighted by Gasteiger charge is 2.08. The summed E-state index contributed by atoms with van der Waals surface area (Å²) in [5.74, 6) is 0.303. The molecule has 2 rings (SSSR count). The molecule has 0 saturated carbocycles. The number of nitrogens with two attached hydrogens (primary N) is 1. The lowest BCUT2D eigenvalue weighted by Crippen LogP contribution is -2.21. The molecule has 0 fully saturated rings. The van der Waals surface area contributed by atoms with Crippen molar-refractivity contribution < 1.29 is 9.53 Å². The summed E-state index contributed by atoms with van der Waals surface area (Å²) in [5, 5.41) is 3.35. The highest BCUT2D eigenvalue weighted by molar-refractivity contribution is 6.30. The molecule has 5 heteroatoms. The van der Waals surface area contributed by atoms with E-state index in [1.807, 2.05) is 31.2 Å². The van der Waals surface area contributed by atoms with Crippen molar-refractivity contribution in [1.29, 1.82) is 0 Å². The number of hydrogen-bond acceptors (Lipinski definition) is 3. The number of anilines is 1. The molecule has 0 radical (unpaired) electrons. The SMILES string of the molecule is Cc1ccccc1NC(=O)COc1cc(Cl)ccc1CN. The summed E-state index contributed by atoms with van der Waals surface area (Å²) in [5.41, 5.74) is 8.21. The third-order valence-electron chi connectivity index (χ3n) is 3.03. The highest BCUT2D eigenvalue weighted by Crippen LogP contribution is 2.23. The van der Waals surface area contributed by atoms with Crippen LogP contribution in [-0.2, 0) is 11.3 Å². The average molecular weight is 305 g/mol. The zero-order chi connectivity index (χ0) is 15.2. The number of benzene rings is 2. The summed E-state index contributed by atoms with van der Waals surface area (Å²) in [6.45, 7) is 2.16. The van der Waals surface area contributed by atoms with Crippen molar-refractivity contribution in [1.82, 2.24) is 0 Å². The molecule has 0 heterocycles. The van der Waals surface area contributed by atoms with E-state index >= 15 is 0 Å². The molecule has 0 aliphatic heterocycles. The number of carbonyl (C=O) groups excluding carboxylic acids is 1. The van der Waals surface area contributed by atoms with Gasteiger partial charge in [-0.1, -0.05) is 35.9 Å². The molecule has 0 saturated heterocycles. The molecule has 0 spiro atoms. The Morgan fingerprint density at radius 1 is 1.29 bits per heavy atom. The largest absolute Gasteiger partial charge is 0.483 e. The standard InChI is InChI=1S/C16H17ClN2O2/c1-11-4-2-3-5-14(11)19-16(20)10-21-15-8-13(17)7-6-12(15)9-18/h2-8H,9-10,18H2,1H3,(H,19,20). The Balaban J connectivity index is 1.98. The third kappa shape index (κ3) is 4.21. The van der Waals surface area contributed by atoms with Gasteiger partial charge in [0.1, 0.15) is 5.75 Å². The normalized spacial score (nSPS) is 10.2. The molecule has 4 nitrogen and oxygen atoms in total. The maximum Gasteiger partial charge on any atom is 0.262 e. The summed E-state index contributed by atoms with van der Waals surface area (Å²) in [7, 11) is 0. The number of rotatable bonds is 5. The van der Waals surface area contributed by atoms with E-state index < -0.39 is 0 Å². The maximum absolute atomic E-state index is 11.9. The zero-order valence-electron chi connectivity index (χ0n) is 11.7. The fourth-order valence-electron chi connectivity index (χ4n) is 1.87. The molecule has 2 aromatic carbocycles. The van der Waals surface area contributed by atoms with E-state index in [1.54, 1.807) is 18.2 Å². The monoisotopic (exact) mass is 304 g/mol. The van der Waals surface area contributed by atoms with Crippen LogP contribution in [0, 0.1) is 6.92 Å². The molecule has 1 amide bonds. The van der Waals surface area contributed by atoms with Gasteiger partial charge in [0.05, 0.1) is 0 Å². The summed E-state index contributed by atoms with van der Waals surface area (Å²) in [6, 6.07) is 12.7. The van der Waals surface area contributed by atoms with Crippen LogP contribution in [0.15, 0.2) is 42.5 Å². The van der Waals surface area contributed by atoms with E-state index in [9.17, 15) is 4.79 Å². The molecule has 2 aromatic rings. The Hall–Kier alpha value is -2.04. The number of aryl methyl sites for hydroxylation is 1. The van der Waals surface area contributed by atoms with Crippen LogP contribution in [0.2, 0.25) is 5.02 Å². The van der Waals surface area contributed by atoms with E-state index in [2.05, 4.69) is 5.32 Å². The number of para-hydroxylation sites is 1. The van der Waals surface area contributed by atoms with Crippen molar-refractivity contribution in [3.8, 4) is 5.75 Å². The Labute approximate surface area is 128 Å². The summed E-state index contributed by atoms with van der Waals surface area (Å²) >= 11 is 5.92. The van der Waals surface area contributed by atoms with Gasteiger partial charge in [0, 0.05) is 22.8 Å². The molecular weight excluding hydrogens is 288 g/mol. The highest BCUT2D eigenvalue weighted by atomic mass is 35.5. The Morgan fingerprint density at radius 2 is 2.05 bits per heavy atom. The lowest BCUT2D eigenvalue weighted by atomic mass is 10.2. The quantitative estimate of drug-likeness (QED) is 0.892. The van der Waals surface area contributed by atoms with Gasteiger partial charge >= 0.3 is 0 Å². The summed E-state index contributed by atoms with van der Waals surface area (Å²) in [6.07, 6.45) is 0. The molecule has 0 unspecified atom stereocenters. The first-order valence-corrected chi connectivity index (χ1v) is 6.94. The molecule has 0 atom stereocenters. The number of halogens is 1. The van der Waals surface area contributed by atoms with Gasteiger partial charge < -0.3 is 15.8 Å². The lowest BCUT2D eigenvalue weighted by molar-refractivity contribution is -0.118. The molecule has 0 bridgehead atoms. The predicted molar refractivity (Wildman–Crippen MR) is 84.6 cm³/mol. The summed E-state index contributed by atoms with van der Waals surface area (Å²) < 4.78 is 5.51. The second kappa shape index (κ2) is 7.11. The van der Waals surface area contributed by atoms with Crippen LogP contribution in [0.3, 0.4) is 0 Å². The molecule has 110 valence electrons. The molecule has 0 aliphatic carbocycles. The number of carbonyl (C=O) groups is 1. The van der Waals surface area contributed by atoms with Crippen molar-refractivity contribution in [2.45, 2.75) is 13.5 Å². The van der Waals surface area contributed by atoms with Gasteiger partial charge in [0.2, 0.25) is 0 Å². The lowest BCUT2D eigenvalue weighted by Gasteiger charge is -2.12. The first-order chi connectivity index (χ1) is 10.1. The van der Waals surface area contributed by atoms with E-state index in [0.717, 1.165) is 16.8 Å². The van der Waals surface area contributed by atoms with Gasteiger partial charge in [0.15, 0.2) is 6.61 Å². The van der Waals surface area contributed by atoms with Crippen LogP contribution >= 0.6 is 11.6 Å². The number of hydrogen-bond donors (Lipinski definition) is 2. The zero-order valence-corrected chi connectivity index (χ0v) is 12.5. The fourth-order valence-corrected chi connectivity index (χ4v) is 2.04. The van der Waals surface area contributed by atoms with Crippen molar-refractivity contribution >= 4 is 23.2 Å². The van der Waals surface area contributed by atoms with E-state index in [4.69, 9.17) is 22.1 Å². The Morgan fingerprint density at radius 3 is 2.76 bits per heavy atom. The molecule has 3 N–H and O–H groups in total. The topological polar surface area (TPSA) is 64.3 Å². The van der Waals surface area contributed by atoms with Crippen molar-refractivity contribution in [2.24, 2.45) is 5.73 Å². The third-order valence-corrected chi connectivity index (χ3v) is 3.26. The number of ether oxygens (including phenoxy) is 1. The maximum atomic E-state index is 11.9. The second-order valence-corrected chi connectivity index (χ2v) is 5.04. The second-order valence-electron chi connectivity index (χ2n) is 4.61. The van der Waals surface area contributed by atoms with Gasteiger partial charge in [0.25, 0.3) is 5.91 Å². The van der Waals surface area contributed by atoms with Crippen molar-refractivity contribution in [2.75, 3.05) is 11.9 Å². The van der Waals surface area contributed by atoms with Crippen molar-refractivity contribution in [3.05, 3.63) is 58.6 Å². The van der Waals surface area contributed by atoms with Gasteiger partial charge in [-0.05, 0) is 30.7 Å². The number of nitrogens with one attached hydrogen (secondary N) is 1. The van der Waals surface area contributed by atoms with Gasteiger partial charge in [-0.2, -0.15) is 0 Å². The van der Waals surface area contributed by atoms with Crippen LogP contribution in [0.4, 0.5) is 5.69 Å². The molecule has 21 heavy (non-hydrogen) atoms. The van der Waals surface area contributed by atoms with Gasteiger partial charge in [-0.25, -0.2) is 0 Å². The van der Waals surface area contributed by atoms with E-state index in [1.165, 1.54) is 0 Å². The number of amides is 1. The van der Waals surface area contributed by atoms with Crippen LogP contribution in [0.25, 0.3) is 0 Å². The minimum atomic E-state index is -0.229. The molecule has 0 aliphatic rings. The Kier molecular flexibility index (Phi) is 5.20. The van der Waals surface area contributed by atoms with Crippen LogP contribution in [0.5, 0.6) is 5.75 Å².